The van der Waals surface area contributed by atoms with Crippen LogP contribution in [0.3, 0.4) is 0 Å². The van der Waals surface area contributed by atoms with Crippen LogP contribution in [-0.4, -0.2) is 90.4 Å². The van der Waals surface area contributed by atoms with E-state index in [1.165, 1.54) is 6.08 Å². The monoisotopic (exact) mass is 634 g/mol. The molecule has 1 amide bonds. The molecule has 0 aliphatic carbocycles. The van der Waals surface area contributed by atoms with Crippen molar-refractivity contribution < 1.29 is 31.1 Å². The molecule has 3 aromatic rings. The molecule has 224 valence electrons. The first kappa shape index (κ1) is 31.4. The van der Waals surface area contributed by atoms with E-state index < -0.39 is 31.0 Å². The number of hydrogen-bond acceptors (Lipinski definition) is 11. The summed E-state index contributed by atoms with van der Waals surface area (Å²) in [6.07, 6.45) is 1.24. The highest BCUT2D eigenvalue weighted by Crippen LogP contribution is 2.35. The van der Waals surface area contributed by atoms with Gasteiger partial charge in [0.2, 0.25) is 5.90 Å². The highest BCUT2D eigenvalue weighted by Gasteiger charge is 2.36. The number of ether oxygens (including phenoxy) is 2. The van der Waals surface area contributed by atoms with Crippen molar-refractivity contribution in [3.63, 3.8) is 0 Å². The van der Waals surface area contributed by atoms with Crippen molar-refractivity contribution in [2.24, 2.45) is 15.3 Å². The fraction of sp³-hybridized carbons (Fsp3) is 0.308. The van der Waals surface area contributed by atoms with Crippen molar-refractivity contribution in [1.82, 2.24) is 14.6 Å². The molecule has 1 unspecified atom stereocenters. The Hall–Kier alpha value is -3.54. The number of hydrogen-bond donors (Lipinski definition) is 2. The van der Waals surface area contributed by atoms with Crippen LogP contribution in [0.1, 0.15) is 20.6 Å². The minimum atomic E-state index is -3.97. The van der Waals surface area contributed by atoms with Gasteiger partial charge < -0.3 is 14.4 Å². The van der Waals surface area contributed by atoms with E-state index in [9.17, 15) is 21.6 Å². The molecular formula is C26H30N6O7S3. The lowest BCUT2D eigenvalue weighted by molar-refractivity contribution is 0.0303. The van der Waals surface area contributed by atoms with Crippen LogP contribution in [0.2, 0.25) is 0 Å². The van der Waals surface area contributed by atoms with Crippen LogP contribution < -0.4 is 9.86 Å². The van der Waals surface area contributed by atoms with Crippen LogP contribution in [0.25, 0.3) is 21.3 Å². The molecule has 0 bridgehead atoms. The number of carbonyl (C=O) groups excluding carboxylic acids is 1. The zero-order valence-electron chi connectivity index (χ0n) is 22.5. The molecule has 4 rings (SSSR count). The summed E-state index contributed by atoms with van der Waals surface area (Å²) >= 11 is 1.14. The van der Waals surface area contributed by atoms with E-state index in [2.05, 4.69) is 33.2 Å². The Labute approximate surface area is 247 Å². The van der Waals surface area contributed by atoms with Gasteiger partial charge >= 0.3 is 0 Å². The lowest BCUT2D eigenvalue weighted by Gasteiger charge is -2.26. The number of thiazole rings is 1. The predicted octanol–water partition coefficient (Wildman–Crippen LogP) is 1.90. The average molecular weight is 635 g/mol. The maximum absolute atomic E-state index is 13.3. The quantitative estimate of drug-likeness (QED) is 0.0995. The van der Waals surface area contributed by atoms with Crippen molar-refractivity contribution in [3.8, 4) is 11.1 Å². The van der Waals surface area contributed by atoms with E-state index in [-0.39, 0.29) is 30.0 Å². The summed E-state index contributed by atoms with van der Waals surface area (Å²) in [5, 5.41) is 10.9. The molecule has 1 aliphatic rings. The molecule has 3 N–H and O–H groups in total. The van der Waals surface area contributed by atoms with Gasteiger partial charge in [-0.1, -0.05) is 24.3 Å². The summed E-state index contributed by atoms with van der Waals surface area (Å²) in [4.78, 5) is 19.1. The number of rotatable bonds is 12. The number of aromatic nitrogens is 1. The third kappa shape index (κ3) is 7.84. The van der Waals surface area contributed by atoms with Crippen LogP contribution in [0.15, 0.2) is 65.3 Å². The first-order valence-corrected chi connectivity index (χ1v) is 16.7. The number of amides is 1. The number of nitrogens with one attached hydrogen (secondary N) is 1. The van der Waals surface area contributed by atoms with E-state index in [1.54, 1.807) is 23.1 Å². The number of morpholine rings is 1. The Kier molecular flexibility index (Phi) is 10.2. The van der Waals surface area contributed by atoms with Gasteiger partial charge in [0.15, 0.2) is 15.1 Å². The SMILES string of the molecule is C=CCS(=O)(=O)C(/C(=N/N=C)OCCNS(N)(=O)=O)c1nc2ccc(-c3ccc(C(=O)N4CCOCC4)cc3)cc2s1. The molecule has 13 nitrogen and oxygen atoms in total. The molecule has 0 radical (unpaired) electrons. The van der Waals surface area contributed by atoms with Gasteiger partial charge in [-0.3, -0.25) is 4.79 Å². The molecule has 2 aromatic carbocycles. The van der Waals surface area contributed by atoms with E-state index in [0.29, 0.717) is 42.1 Å². The highest BCUT2D eigenvalue weighted by molar-refractivity contribution is 7.92. The molecule has 1 atom stereocenters. The summed E-state index contributed by atoms with van der Waals surface area (Å²) in [5.41, 5.74) is 2.85. The second-order valence-corrected chi connectivity index (χ2v) is 13.7. The minimum Gasteiger partial charge on any atom is -0.477 e. The van der Waals surface area contributed by atoms with Crippen LogP contribution in [0.5, 0.6) is 0 Å². The van der Waals surface area contributed by atoms with Gasteiger partial charge in [-0.05, 0) is 35.4 Å². The summed E-state index contributed by atoms with van der Waals surface area (Å²) in [7, 11) is -7.94. The maximum atomic E-state index is 13.3. The molecule has 1 aromatic heterocycles. The standard InChI is InChI=1S/C26H30N6O7S3/c1-3-16-41(34,35)23(24(31-28-2)39-13-10-29-42(27,36)37)25-30-21-9-8-20(17-22(21)40-25)18-4-6-19(7-5-18)26(33)32-11-14-38-15-12-32/h3-9,17,23,29H,1-2,10-16H2,(H2,27,36,37)/b31-24-. The number of benzene rings is 2. The fourth-order valence-corrected chi connectivity index (χ4v) is 7.46. The van der Waals surface area contributed by atoms with Gasteiger partial charge in [-0.2, -0.15) is 18.2 Å². The molecule has 1 fully saturated rings. The Morgan fingerprint density at radius 1 is 1.17 bits per heavy atom. The second kappa shape index (κ2) is 13.6. The molecule has 0 saturated carbocycles. The van der Waals surface area contributed by atoms with Gasteiger partial charge in [0.25, 0.3) is 16.1 Å². The van der Waals surface area contributed by atoms with Crippen molar-refractivity contribution in [3.05, 3.63) is 65.7 Å². The molecule has 42 heavy (non-hydrogen) atoms. The zero-order valence-corrected chi connectivity index (χ0v) is 25.0. The van der Waals surface area contributed by atoms with Crippen LogP contribution in [0, 0.1) is 0 Å². The van der Waals surface area contributed by atoms with E-state index in [4.69, 9.17) is 14.6 Å². The van der Waals surface area contributed by atoms with Gasteiger partial charge in [0.1, 0.15) is 11.6 Å². The van der Waals surface area contributed by atoms with Gasteiger partial charge in [0, 0.05) is 31.9 Å². The summed E-state index contributed by atoms with van der Waals surface area (Å²) in [6, 6.07) is 12.8. The Morgan fingerprint density at radius 3 is 2.50 bits per heavy atom. The fourth-order valence-electron chi connectivity index (χ4n) is 4.23. The molecule has 2 heterocycles. The van der Waals surface area contributed by atoms with E-state index >= 15 is 0 Å². The lowest BCUT2D eigenvalue weighted by atomic mass is 10.0. The maximum Gasteiger partial charge on any atom is 0.274 e. The first-order valence-electron chi connectivity index (χ1n) is 12.7. The van der Waals surface area contributed by atoms with Crippen LogP contribution in [-0.2, 0) is 29.5 Å². The Bertz CT molecular complexity index is 1700. The van der Waals surface area contributed by atoms with Gasteiger partial charge in [-0.25, -0.2) is 18.5 Å². The largest absolute Gasteiger partial charge is 0.477 e. The number of carbonyl (C=O) groups is 1. The molecule has 1 saturated heterocycles. The van der Waals surface area contributed by atoms with Gasteiger partial charge in [-0.15, -0.1) is 23.0 Å². The normalized spacial score (nSPS) is 15.4. The van der Waals surface area contributed by atoms with Crippen LogP contribution in [0.4, 0.5) is 0 Å². The molecular weight excluding hydrogens is 605 g/mol. The first-order chi connectivity index (χ1) is 20.0. The highest BCUT2D eigenvalue weighted by atomic mass is 32.2. The topological polar surface area (TPSA) is 183 Å². The molecule has 0 spiro atoms. The molecule has 16 heteroatoms. The zero-order chi connectivity index (χ0) is 30.3. The minimum absolute atomic E-state index is 0.0479. The number of nitrogens with two attached hydrogens (primary N) is 1. The third-order valence-electron chi connectivity index (χ3n) is 6.15. The smallest absolute Gasteiger partial charge is 0.274 e. The third-order valence-corrected chi connectivity index (χ3v) is 9.83. The summed E-state index contributed by atoms with van der Waals surface area (Å²) in [5.74, 6) is -0.764. The van der Waals surface area contributed by atoms with Gasteiger partial charge in [0.05, 0.1) is 29.2 Å². The van der Waals surface area contributed by atoms with Crippen molar-refractivity contribution in [2.45, 2.75) is 5.25 Å². The summed E-state index contributed by atoms with van der Waals surface area (Å²) < 4.78 is 62.6. The Morgan fingerprint density at radius 2 is 1.86 bits per heavy atom. The summed E-state index contributed by atoms with van der Waals surface area (Å²) in [6.45, 7) is 8.48. The Balaban J connectivity index is 1.62. The van der Waals surface area contributed by atoms with Crippen molar-refractivity contribution in [1.29, 1.82) is 0 Å². The lowest BCUT2D eigenvalue weighted by Crippen LogP contribution is -2.40. The van der Waals surface area contributed by atoms with Crippen molar-refractivity contribution in [2.75, 3.05) is 45.2 Å². The van der Waals surface area contributed by atoms with E-state index in [0.717, 1.165) is 22.5 Å². The average Bonchev–Trinajstić information content (AvgIpc) is 3.37. The predicted molar refractivity (Wildman–Crippen MR) is 163 cm³/mol. The number of nitrogens with zero attached hydrogens (tertiary/aromatic N) is 4. The van der Waals surface area contributed by atoms with Crippen molar-refractivity contribution >= 4 is 60.1 Å². The van der Waals surface area contributed by atoms with E-state index in [1.807, 2.05) is 24.3 Å². The molecule has 1 aliphatic heterocycles. The number of fused-ring (bicyclic) bond motifs is 1. The second-order valence-electron chi connectivity index (χ2n) is 9.08. The number of sulfone groups is 1. The van der Waals surface area contributed by atoms with Crippen LogP contribution >= 0.6 is 11.3 Å².